The number of halogens is 2. The van der Waals surface area contributed by atoms with Gasteiger partial charge in [-0.05, 0) is 42.8 Å². The van der Waals surface area contributed by atoms with Crippen molar-refractivity contribution in [2.45, 2.75) is 6.92 Å². The summed E-state index contributed by atoms with van der Waals surface area (Å²) in [5, 5.41) is 2.76. The van der Waals surface area contributed by atoms with E-state index < -0.39 is 5.82 Å². The Labute approximate surface area is 118 Å². The van der Waals surface area contributed by atoms with E-state index in [0.717, 1.165) is 16.1 Å². The summed E-state index contributed by atoms with van der Waals surface area (Å²) < 4.78 is 13.8. The van der Waals surface area contributed by atoms with Gasteiger partial charge >= 0.3 is 0 Å². The van der Waals surface area contributed by atoms with Crippen molar-refractivity contribution in [1.29, 1.82) is 0 Å². The van der Waals surface area contributed by atoms with Crippen LogP contribution in [0.15, 0.2) is 40.9 Å². The predicted octanol–water partition coefficient (Wildman–Crippen LogP) is 3.73. The minimum absolute atomic E-state index is 0.116. The topological polar surface area (TPSA) is 55.1 Å². The molecule has 1 amide bonds. The third-order valence-corrected chi connectivity index (χ3v) is 3.20. The highest BCUT2D eigenvalue weighted by molar-refractivity contribution is 9.10. The van der Waals surface area contributed by atoms with Crippen LogP contribution in [-0.4, -0.2) is 5.91 Å². The second-order valence-corrected chi connectivity index (χ2v) is 5.06. The van der Waals surface area contributed by atoms with E-state index in [1.165, 1.54) is 12.1 Å². The van der Waals surface area contributed by atoms with E-state index in [9.17, 15) is 9.18 Å². The van der Waals surface area contributed by atoms with E-state index in [4.69, 9.17) is 5.73 Å². The van der Waals surface area contributed by atoms with E-state index in [1.807, 2.05) is 19.1 Å². The zero-order valence-corrected chi connectivity index (χ0v) is 11.8. The van der Waals surface area contributed by atoms with Gasteiger partial charge in [0.15, 0.2) is 0 Å². The van der Waals surface area contributed by atoms with E-state index in [-0.39, 0.29) is 17.2 Å². The highest BCUT2D eigenvalue weighted by atomic mass is 79.9. The number of rotatable bonds is 2. The Morgan fingerprint density at radius 2 is 2.00 bits per heavy atom. The molecule has 0 aromatic heterocycles. The fraction of sp³-hybridized carbons (Fsp3) is 0.0714. The smallest absolute Gasteiger partial charge is 0.257 e. The summed E-state index contributed by atoms with van der Waals surface area (Å²) in [6.07, 6.45) is 0. The first-order chi connectivity index (χ1) is 8.97. The molecule has 0 radical (unpaired) electrons. The molecule has 0 heterocycles. The minimum atomic E-state index is -0.465. The van der Waals surface area contributed by atoms with Crippen molar-refractivity contribution in [3.63, 3.8) is 0 Å². The summed E-state index contributed by atoms with van der Waals surface area (Å²) in [7, 11) is 0. The molecule has 19 heavy (non-hydrogen) atoms. The van der Waals surface area contributed by atoms with Gasteiger partial charge in [-0.1, -0.05) is 22.0 Å². The lowest BCUT2D eigenvalue weighted by Gasteiger charge is -2.10. The average Bonchev–Trinajstić information content (AvgIpc) is 2.33. The van der Waals surface area contributed by atoms with Crippen LogP contribution in [0.2, 0.25) is 0 Å². The van der Waals surface area contributed by atoms with Gasteiger partial charge < -0.3 is 11.1 Å². The van der Waals surface area contributed by atoms with Crippen molar-refractivity contribution in [3.8, 4) is 0 Å². The second kappa shape index (κ2) is 5.40. The molecule has 0 atom stereocenters. The number of amides is 1. The van der Waals surface area contributed by atoms with Gasteiger partial charge in [-0.3, -0.25) is 4.79 Å². The molecule has 3 nitrogen and oxygen atoms in total. The normalized spacial score (nSPS) is 10.3. The molecule has 2 aromatic rings. The zero-order chi connectivity index (χ0) is 14.0. The Morgan fingerprint density at radius 1 is 1.26 bits per heavy atom. The first kappa shape index (κ1) is 13.5. The number of benzene rings is 2. The second-order valence-electron chi connectivity index (χ2n) is 4.14. The number of aryl methyl sites for hydroxylation is 1. The van der Waals surface area contributed by atoms with Crippen molar-refractivity contribution >= 4 is 33.2 Å². The Morgan fingerprint density at radius 3 is 2.68 bits per heavy atom. The van der Waals surface area contributed by atoms with Gasteiger partial charge in [-0.25, -0.2) is 4.39 Å². The van der Waals surface area contributed by atoms with Gasteiger partial charge in [-0.2, -0.15) is 0 Å². The number of nitrogens with two attached hydrogens (primary N) is 1. The predicted molar refractivity (Wildman–Crippen MR) is 77.6 cm³/mol. The maximum Gasteiger partial charge on any atom is 0.257 e. The van der Waals surface area contributed by atoms with Gasteiger partial charge in [0, 0.05) is 15.8 Å². The van der Waals surface area contributed by atoms with Crippen LogP contribution in [0.1, 0.15) is 15.9 Å². The number of hydrogen-bond acceptors (Lipinski definition) is 2. The third-order valence-electron chi connectivity index (χ3n) is 2.71. The van der Waals surface area contributed by atoms with E-state index in [0.29, 0.717) is 5.69 Å². The zero-order valence-electron chi connectivity index (χ0n) is 10.2. The van der Waals surface area contributed by atoms with E-state index in [2.05, 4.69) is 21.2 Å². The largest absolute Gasteiger partial charge is 0.398 e. The molecule has 5 heteroatoms. The van der Waals surface area contributed by atoms with Crippen LogP contribution in [0.4, 0.5) is 15.8 Å². The molecule has 0 aliphatic carbocycles. The van der Waals surface area contributed by atoms with Crippen molar-refractivity contribution < 1.29 is 9.18 Å². The number of hydrogen-bond donors (Lipinski definition) is 2. The van der Waals surface area contributed by atoms with Crippen LogP contribution in [0.5, 0.6) is 0 Å². The van der Waals surface area contributed by atoms with Crippen LogP contribution >= 0.6 is 15.9 Å². The van der Waals surface area contributed by atoms with Gasteiger partial charge in [0.25, 0.3) is 5.91 Å². The molecule has 0 aliphatic rings. The summed E-state index contributed by atoms with van der Waals surface area (Å²) in [6.45, 7) is 1.88. The van der Waals surface area contributed by atoms with Gasteiger partial charge in [0.2, 0.25) is 0 Å². The SMILES string of the molecule is Cc1ccc(Br)cc1NC(=O)c1ccc(F)cc1N. The molecule has 2 aromatic carbocycles. The van der Waals surface area contributed by atoms with Crippen LogP contribution in [0.25, 0.3) is 0 Å². The van der Waals surface area contributed by atoms with Crippen molar-refractivity contribution in [2.75, 3.05) is 11.1 Å². The fourth-order valence-corrected chi connectivity index (χ4v) is 2.02. The first-order valence-corrected chi connectivity index (χ1v) is 6.39. The minimum Gasteiger partial charge on any atom is -0.398 e. The van der Waals surface area contributed by atoms with Crippen molar-refractivity contribution in [1.82, 2.24) is 0 Å². The van der Waals surface area contributed by atoms with Gasteiger partial charge in [-0.15, -0.1) is 0 Å². The maximum absolute atomic E-state index is 12.9. The lowest BCUT2D eigenvalue weighted by molar-refractivity contribution is 0.102. The molecule has 98 valence electrons. The van der Waals surface area contributed by atoms with Crippen LogP contribution in [0, 0.1) is 12.7 Å². The molecule has 0 fully saturated rings. The summed E-state index contributed by atoms with van der Waals surface area (Å²) in [5.41, 5.74) is 7.61. The quantitative estimate of drug-likeness (QED) is 0.828. The Bertz CT molecular complexity index is 643. The average molecular weight is 323 g/mol. The number of carbonyl (C=O) groups is 1. The van der Waals surface area contributed by atoms with E-state index >= 15 is 0 Å². The highest BCUT2D eigenvalue weighted by Gasteiger charge is 2.11. The molecule has 0 unspecified atom stereocenters. The number of nitrogen functional groups attached to an aromatic ring is 1. The molecule has 0 aliphatic heterocycles. The van der Waals surface area contributed by atoms with Crippen LogP contribution in [-0.2, 0) is 0 Å². The van der Waals surface area contributed by atoms with Gasteiger partial charge in [0.05, 0.1) is 5.56 Å². The molecule has 0 spiro atoms. The fourth-order valence-electron chi connectivity index (χ4n) is 1.66. The first-order valence-electron chi connectivity index (χ1n) is 5.60. The lowest BCUT2D eigenvalue weighted by Crippen LogP contribution is -2.14. The molecular weight excluding hydrogens is 311 g/mol. The molecule has 0 saturated carbocycles. The van der Waals surface area contributed by atoms with Crippen molar-refractivity contribution in [2.24, 2.45) is 0 Å². The molecule has 0 saturated heterocycles. The molecule has 0 bridgehead atoms. The summed E-state index contributed by atoms with van der Waals surface area (Å²) in [4.78, 5) is 12.1. The maximum atomic E-state index is 12.9. The summed E-state index contributed by atoms with van der Waals surface area (Å²) >= 11 is 3.34. The third kappa shape index (κ3) is 3.12. The van der Waals surface area contributed by atoms with Crippen molar-refractivity contribution in [3.05, 3.63) is 57.8 Å². The Balaban J connectivity index is 2.28. The van der Waals surface area contributed by atoms with Crippen LogP contribution < -0.4 is 11.1 Å². The van der Waals surface area contributed by atoms with E-state index in [1.54, 1.807) is 6.07 Å². The monoisotopic (exact) mass is 322 g/mol. The lowest BCUT2D eigenvalue weighted by atomic mass is 10.1. The number of anilines is 2. The number of nitrogens with one attached hydrogen (secondary N) is 1. The van der Waals surface area contributed by atoms with Gasteiger partial charge in [0.1, 0.15) is 5.82 Å². The van der Waals surface area contributed by atoms with Crippen LogP contribution in [0.3, 0.4) is 0 Å². The summed E-state index contributed by atoms with van der Waals surface area (Å²) in [6, 6.07) is 9.27. The Hall–Kier alpha value is -1.88. The standard InChI is InChI=1S/C14H12BrFN2O/c1-8-2-3-9(15)6-13(8)18-14(19)11-5-4-10(16)7-12(11)17/h2-7H,17H2,1H3,(H,18,19). The highest BCUT2D eigenvalue weighted by Crippen LogP contribution is 2.22. The number of carbonyl (C=O) groups excluding carboxylic acids is 1. The summed E-state index contributed by atoms with van der Waals surface area (Å²) in [5.74, 6) is -0.827. The molecular formula is C14H12BrFN2O. The molecule has 3 N–H and O–H groups in total. The molecule has 2 rings (SSSR count). The Kier molecular flexibility index (Phi) is 3.85.